The van der Waals surface area contributed by atoms with Gasteiger partial charge in [-0.2, -0.15) is 0 Å². The second-order valence-electron chi connectivity index (χ2n) is 4.90. The van der Waals surface area contributed by atoms with Crippen molar-refractivity contribution in [3.05, 3.63) is 34.4 Å². The van der Waals surface area contributed by atoms with Crippen molar-refractivity contribution in [2.45, 2.75) is 11.8 Å². The number of rotatable bonds is 9. The number of nitrogens with one attached hydrogen (secondary N) is 3. The number of benzene rings is 1. The molecule has 0 heterocycles. The molecule has 0 bridgehead atoms. The van der Waals surface area contributed by atoms with Crippen LogP contribution in [0.3, 0.4) is 0 Å². The topological polar surface area (TPSA) is 130 Å². The number of non-ortho nitro benzene ring substituents is 1. The molecule has 1 unspecified atom stereocenters. The summed E-state index contributed by atoms with van der Waals surface area (Å²) >= 11 is 0. The van der Waals surface area contributed by atoms with E-state index in [9.17, 15) is 23.3 Å². The van der Waals surface area contributed by atoms with E-state index < -0.39 is 14.9 Å². The molecule has 0 fully saturated rings. The van der Waals surface area contributed by atoms with E-state index in [1.807, 2.05) is 0 Å². The van der Waals surface area contributed by atoms with Crippen LogP contribution in [-0.2, 0) is 14.8 Å². The van der Waals surface area contributed by atoms with Gasteiger partial charge < -0.3 is 10.6 Å². The van der Waals surface area contributed by atoms with Crippen LogP contribution in [0.15, 0.2) is 29.2 Å². The molecule has 0 aliphatic carbocycles. The number of hydrogen-bond donors (Lipinski definition) is 3. The molecule has 0 spiro atoms. The average Bonchev–Trinajstić information content (AvgIpc) is 2.51. The first-order valence-corrected chi connectivity index (χ1v) is 8.42. The first-order valence-electron chi connectivity index (χ1n) is 6.94. The zero-order valence-electron chi connectivity index (χ0n) is 13.3. The standard InChI is InChI=1S/C13H20N4O5S.ClH/c1-10(9-14-2)13(18)15-7-8-16-23(21,22)12-5-3-11(4-6-12)17(19)20;/h3-6,10,14,16H,7-9H2,1-2H3,(H,15,18);1H. The lowest BCUT2D eigenvalue weighted by atomic mass is 10.1. The molecule has 0 radical (unpaired) electrons. The SMILES string of the molecule is CNCC(C)C(=O)NCCNS(=O)(=O)c1ccc([N+](=O)[O-])cc1.Cl. The Morgan fingerprint density at radius 1 is 1.25 bits per heavy atom. The predicted molar refractivity (Wildman–Crippen MR) is 91.6 cm³/mol. The molecule has 1 amide bonds. The van der Waals surface area contributed by atoms with E-state index in [2.05, 4.69) is 15.4 Å². The third kappa shape index (κ3) is 6.79. The molecule has 0 saturated heterocycles. The van der Waals surface area contributed by atoms with Crippen LogP contribution in [0.25, 0.3) is 0 Å². The van der Waals surface area contributed by atoms with E-state index in [0.717, 1.165) is 24.3 Å². The second kappa shape index (κ2) is 10.2. The highest BCUT2D eigenvalue weighted by atomic mass is 35.5. The van der Waals surface area contributed by atoms with E-state index in [4.69, 9.17) is 0 Å². The van der Waals surface area contributed by atoms with Crippen LogP contribution in [0.4, 0.5) is 5.69 Å². The first-order chi connectivity index (χ1) is 10.8. The lowest BCUT2D eigenvalue weighted by Gasteiger charge is -2.12. The van der Waals surface area contributed by atoms with Gasteiger partial charge in [0.2, 0.25) is 15.9 Å². The quantitative estimate of drug-likeness (QED) is 0.320. The minimum absolute atomic E-state index is 0. The fourth-order valence-corrected chi connectivity index (χ4v) is 2.81. The van der Waals surface area contributed by atoms with Gasteiger partial charge in [0.25, 0.3) is 5.69 Å². The van der Waals surface area contributed by atoms with Crippen molar-refractivity contribution in [3.63, 3.8) is 0 Å². The fraction of sp³-hybridized carbons (Fsp3) is 0.462. The molecule has 0 aliphatic heterocycles. The third-order valence-corrected chi connectivity index (χ3v) is 4.51. The minimum atomic E-state index is -3.77. The molecule has 0 saturated carbocycles. The number of sulfonamides is 1. The van der Waals surface area contributed by atoms with Crippen LogP contribution in [-0.4, -0.2) is 45.9 Å². The predicted octanol–water partition coefficient (Wildman–Crippen LogP) is 0.267. The summed E-state index contributed by atoms with van der Waals surface area (Å²) in [7, 11) is -2.03. The number of nitrogens with zero attached hydrogens (tertiary/aromatic N) is 1. The Labute approximate surface area is 146 Å². The summed E-state index contributed by atoms with van der Waals surface area (Å²) in [5, 5.41) is 16.0. The summed E-state index contributed by atoms with van der Waals surface area (Å²) in [5.41, 5.74) is -0.185. The van der Waals surface area contributed by atoms with Crippen molar-refractivity contribution in [1.82, 2.24) is 15.4 Å². The maximum absolute atomic E-state index is 12.0. The molecule has 136 valence electrons. The minimum Gasteiger partial charge on any atom is -0.355 e. The van der Waals surface area contributed by atoms with Crippen molar-refractivity contribution in [1.29, 1.82) is 0 Å². The molecular formula is C13H21ClN4O5S. The van der Waals surface area contributed by atoms with E-state index in [-0.39, 0.29) is 47.9 Å². The Bertz CT molecular complexity index is 651. The molecule has 11 heteroatoms. The monoisotopic (exact) mass is 380 g/mol. The van der Waals surface area contributed by atoms with Gasteiger partial charge in [0.15, 0.2) is 0 Å². The van der Waals surface area contributed by atoms with Gasteiger partial charge in [0.05, 0.1) is 9.82 Å². The van der Waals surface area contributed by atoms with Gasteiger partial charge in [-0.1, -0.05) is 6.92 Å². The van der Waals surface area contributed by atoms with Crippen molar-refractivity contribution in [2.75, 3.05) is 26.7 Å². The molecule has 0 aromatic heterocycles. The van der Waals surface area contributed by atoms with E-state index in [1.54, 1.807) is 14.0 Å². The van der Waals surface area contributed by atoms with Crippen LogP contribution >= 0.6 is 12.4 Å². The summed E-state index contributed by atoms with van der Waals surface area (Å²) in [5.74, 6) is -0.389. The van der Waals surface area contributed by atoms with Gasteiger partial charge in [0.1, 0.15) is 0 Å². The number of carbonyl (C=O) groups excluding carboxylic acids is 1. The van der Waals surface area contributed by atoms with E-state index >= 15 is 0 Å². The first kappa shape index (κ1) is 22.2. The highest BCUT2D eigenvalue weighted by Gasteiger charge is 2.16. The van der Waals surface area contributed by atoms with Gasteiger partial charge in [0, 0.05) is 37.7 Å². The van der Waals surface area contributed by atoms with Gasteiger partial charge >= 0.3 is 0 Å². The van der Waals surface area contributed by atoms with Crippen LogP contribution in [0, 0.1) is 16.0 Å². The summed E-state index contributed by atoms with van der Waals surface area (Å²) in [6, 6.07) is 4.56. The van der Waals surface area contributed by atoms with Gasteiger partial charge in [-0.05, 0) is 19.2 Å². The Balaban J connectivity index is 0.00000529. The Morgan fingerprint density at radius 2 is 1.83 bits per heavy atom. The summed E-state index contributed by atoms with van der Waals surface area (Å²) in [4.78, 5) is 21.5. The molecule has 3 N–H and O–H groups in total. The van der Waals surface area contributed by atoms with E-state index in [1.165, 1.54) is 0 Å². The number of nitro groups is 1. The zero-order valence-corrected chi connectivity index (χ0v) is 14.9. The lowest BCUT2D eigenvalue weighted by Crippen LogP contribution is -2.39. The molecule has 1 rings (SSSR count). The van der Waals surface area contributed by atoms with Crippen molar-refractivity contribution >= 4 is 34.0 Å². The number of carbonyl (C=O) groups is 1. The van der Waals surface area contributed by atoms with Crippen molar-refractivity contribution in [2.24, 2.45) is 5.92 Å². The zero-order chi connectivity index (χ0) is 17.5. The number of halogens is 1. The fourth-order valence-electron chi connectivity index (χ4n) is 1.77. The highest BCUT2D eigenvalue weighted by Crippen LogP contribution is 2.15. The largest absolute Gasteiger partial charge is 0.355 e. The number of hydrogen-bond acceptors (Lipinski definition) is 6. The highest BCUT2D eigenvalue weighted by molar-refractivity contribution is 7.89. The molecule has 1 aromatic carbocycles. The van der Waals surface area contributed by atoms with Crippen LogP contribution in [0.1, 0.15) is 6.92 Å². The maximum atomic E-state index is 12.0. The molecule has 0 aliphatic rings. The van der Waals surface area contributed by atoms with E-state index in [0.29, 0.717) is 6.54 Å². The normalized spacial score (nSPS) is 12.1. The second-order valence-corrected chi connectivity index (χ2v) is 6.67. The van der Waals surface area contributed by atoms with Gasteiger partial charge in [-0.3, -0.25) is 14.9 Å². The number of amides is 1. The van der Waals surface area contributed by atoms with Crippen LogP contribution in [0.5, 0.6) is 0 Å². The Morgan fingerprint density at radius 3 is 2.33 bits per heavy atom. The van der Waals surface area contributed by atoms with Gasteiger partial charge in [-0.25, -0.2) is 13.1 Å². The van der Waals surface area contributed by atoms with Crippen LogP contribution in [0.2, 0.25) is 0 Å². The summed E-state index contributed by atoms with van der Waals surface area (Å²) in [6.45, 7) is 2.46. The Kier molecular flexibility index (Phi) is 9.44. The van der Waals surface area contributed by atoms with Gasteiger partial charge in [-0.15, -0.1) is 12.4 Å². The maximum Gasteiger partial charge on any atom is 0.269 e. The molecule has 1 atom stereocenters. The van der Waals surface area contributed by atoms with Crippen LogP contribution < -0.4 is 15.4 Å². The van der Waals surface area contributed by atoms with Crippen molar-refractivity contribution in [3.8, 4) is 0 Å². The lowest BCUT2D eigenvalue weighted by molar-refractivity contribution is -0.384. The summed E-state index contributed by atoms with van der Waals surface area (Å²) < 4.78 is 26.3. The molecular weight excluding hydrogens is 360 g/mol. The smallest absolute Gasteiger partial charge is 0.269 e. The molecule has 24 heavy (non-hydrogen) atoms. The molecule has 9 nitrogen and oxygen atoms in total. The van der Waals surface area contributed by atoms with Crippen molar-refractivity contribution < 1.29 is 18.1 Å². The summed E-state index contributed by atoms with van der Waals surface area (Å²) in [6.07, 6.45) is 0. The Hall–Kier alpha value is -1.75. The molecule has 1 aromatic rings. The number of nitro benzene ring substituents is 1. The third-order valence-electron chi connectivity index (χ3n) is 3.03. The average molecular weight is 381 g/mol.